The average molecular weight is 246 g/mol. The minimum absolute atomic E-state index is 0.196. The number of aryl methyl sites for hydroxylation is 1. The molecule has 94 valence electrons. The molecular weight excluding hydrogens is 232 g/mol. The number of nitrogen functional groups attached to an aromatic ring is 1. The van der Waals surface area contributed by atoms with Crippen LogP contribution in [0.15, 0.2) is 24.3 Å². The van der Waals surface area contributed by atoms with E-state index >= 15 is 0 Å². The number of aromatic nitrogens is 2. The van der Waals surface area contributed by atoms with Gasteiger partial charge in [0.25, 0.3) is 5.91 Å². The minimum atomic E-state index is -0.196. The number of aromatic amines is 1. The van der Waals surface area contributed by atoms with Crippen LogP contribution in [0.3, 0.4) is 0 Å². The van der Waals surface area contributed by atoms with Crippen molar-refractivity contribution in [2.24, 2.45) is 0 Å². The number of anilines is 1. The molecule has 1 amide bonds. The van der Waals surface area contributed by atoms with Gasteiger partial charge in [0.15, 0.2) is 5.75 Å². The van der Waals surface area contributed by atoms with Crippen LogP contribution in [0.25, 0.3) is 0 Å². The first-order chi connectivity index (χ1) is 8.60. The predicted molar refractivity (Wildman–Crippen MR) is 67.6 cm³/mol. The van der Waals surface area contributed by atoms with Crippen LogP contribution >= 0.6 is 0 Å². The van der Waals surface area contributed by atoms with Gasteiger partial charge in [-0.2, -0.15) is 0 Å². The normalized spacial score (nSPS) is 10.1. The molecule has 0 radical (unpaired) electrons. The highest BCUT2D eigenvalue weighted by molar-refractivity contribution is 5.95. The summed E-state index contributed by atoms with van der Waals surface area (Å²) >= 11 is 0. The molecule has 1 aromatic carbocycles. The first-order valence-corrected chi connectivity index (χ1v) is 5.41. The van der Waals surface area contributed by atoms with Gasteiger partial charge in [0, 0.05) is 24.4 Å². The summed E-state index contributed by atoms with van der Waals surface area (Å²) in [5, 5.41) is 9.24. The maximum absolute atomic E-state index is 11.5. The van der Waals surface area contributed by atoms with E-state index in [1.807, 2.05) is 6.92 Å². The molecule has 0 fully saturated rings. The molecule has 2 aromatic rings. The van der Waals surface area contributed by atoms with Crippen LogP contribution in [0.4, 0.5) is 5.69 Å². The van der Waals surface area contributed by atoms with Crippen molar-refractivity contribution in [3.05, 3.63) is 35.5 Å². The zero-order valence-electron chi connectivity index (χ0n) is 10.2. The monoisotopic (exact) mass is 246 g/mol. The lowest BCUT2D eigenvalue weighted by atomic mass is 10.2. The first kappa shape index (κ1) is 12.0. The summed E-state index contributed by atoms with van der Waals surface area (Å²) in [5.41, 5.74) is 7.60. The summed E-state index contributed by atoms with van der Waals surface area (Å²) in [4.78, 5) is 11.5. The molecule has 0 unspecified atom stereocenters. The zero-order chi connectivity index (χ0) is 13.1. The van der Waals surface area contributed by atoms with Gasteiger partial charge in [-0.15, -0.1) is 5.10 Å². The molecule has 1 aromatic heterocycles. The lowest BCUT2D eigenvalue weighted by Gasteiger charge is -2.07. The summed E-state index contributed by atoms with van der Waals surface area (Å²) < 4.78 is 5.52. The van der Waals surface area contributed by atoms with Gasteiger partial charge in [-0.1, -0.05) is 0 Å². The third kappa shape index (κ3) is 2.42. The van der Waals surface area contributed by atoms with E-state index in [1.54, 1.807) is 31.3 Å². The van der Waals surface area contributed by atoms with Crippen LogP contribution in [0.5, 0.6) is 11.6 Å². The fourth-order valence-corrected chi connectivity index (χ4v) is 1.47. The van der Waals surface area contributed by atoms with Gasteiger partial charge in [0.2, 0.25) is 5.88 Å². The van der Waals surface area contributed by atoms with Crippen molar-refractivity contribution in [1.29, 1.82) is 0 Å². The Labute approximate surface area is 104 Å². The van der Waals surface area contributed by atoms with Crippen molar-refractivity contribution < 1.29 is 9.53 Å². The van der Waals surface area contributed by atoms with Crippen molar-refractivity contribution in [3.8, 4) is 11.6 Å². The van der Waals surface area contributed by atoms with Crippen LogP contribution in [0.2, 0.25) is 0 Å². The highest BCUT2D eigenvalue weighted by Gasteiger charge is 2.09. The molecule has 0 bridgehead atoms. The van der Waals surface area contributed by atoms with E-state index in [0.29, 0.717) is 22.9 Å². The molecule has 6 nitrogen and oxygen atoms in total. The van der Waals surface area contributed by atoms with E-state index in [4.69, 9.17) is 10.5 Å². The van der Waals surface area contributed by atoms with Gasteiger partial charge >= 0.3 is 0 Å². The van der Waals surface area contributed by atoms with E-state index < -0.39 is 0 Å². The van der Waals surface area contributed by atoms with E-state index in [0.717, 1.165) is 5.69 Å². The van der Waals surface area contributed by atoms with Crippen LogP contribution in [-0.4, -0.2) is 23.2 Å². The average Bonchev–Trinajstić information content (AvgIpc) is 2.76. The first-order valence-electron chi connectivity index (χ1n) is 5.41. The van der Waals surface area contributed by atoms with Crippen LogP contribution < -0.4 is 15.8 Å². The molecule has 0 saturated carbocycles. The maximum Gasteiger partial charge on any atom is 0.251 e. The second-order valence-electron chi connectivity index (χ2n) is 3.82. The number of carbonyl (C=O) groups is 1. The molecule has 18 heavy (non-hydrogen) atoms. The molecule has 2 rings (SSSR count). The number of hydrogen-bond donors (Lipinski definition) is 3. The van der Waals surface area contributed by atoms with Gasteiger partial charge in [-0.3, -0.25) is 9.89 Å². The number of carbonyl (C=O) groups excluding carboxylic acids is 1. The van der Waals surface area contributed by atoms with Crippen molar-refractivity contribution in [2.75, 3.05) is 12.8 Å². The molecule has 1 heterocycles. The Hall–Kier alpha value is -2.50. The lowest BCUT2D eigenvalue weighted by Crippen LogP contribution is -2.17. The number of H-pyrrole nitrogens is 1. The predicted octanol–water partition coefficient (Wildman–Crippen LogP) is 1.45. The molecule has 0 aliphatic heterocycles. The standard InChI is InChI=1S/C12H14N4O2/c1-7-5-11(16-15-7)18-10-6-8(12(17)14-2)3-4-9(10)13/h3-6H,13H2,1-2H3,(H,14,17)(H,15,16). The highest BCUT2D eigenvalue weighted by Crippen LogP contribution is 2.27. The number of rotatable bonds is 3. The topological polar surface area (TPSA) is 93.0 Å². The third-order valence-electron chi connectivity index (χ3n) is 2.40. The SMILES string of the molecule is CNC(=O)c1ccc(N)c(Oc2cc(C)[nH]n2)c1. The van der Waals surface area contributed by atoms with Crippen LogP contribution in [0.1, 0.15) is 16.1 Å². The number of benzene rings is 1. The third-order valence-corrected chi connectivity index (χ3v) is 2.40. The van der Waals surface area contributed by atoms with Gasteiger partial charge < -0.3 is 15.8 Å². The number of hydrogen-bond acceptors (Lipinski definition) is 4. The van der Waals surface area contributed by atoms with Crippen LogP contribution in [-0.2, 0) is 0 Å². The van der Waals surface area contributed by atoms with Crippen molar-refractivity contribution in [1.82, 2.24) is 15.5 Å². The van der Waals surface area contributed by atoms with Gasteiger partial charge in [-0.25, -0.2) is 0 Å². The van der Waals surface area contributed by atoms with E-state index in [2.05, 4.69) is 15.5 Å². The Balaban J connectivity index is 2.29. The lowest BCUT2D eigenvalue weighted by molar-refractivity contribution is 0.0963. The van der Waals surface area contributed by atoms with Crippen molar-refractivity contribution in [2.45, 2.75) is 6.92 Å². The smallest absolute Gasteiger partial charge is 0.251 e. The number of nitrogens with two attached hydrogens (primary N) is 1. The number of amides is 1. The van der Waals surface area contributed by atoms with E-state index in [1.165, 1.54) is 0 Å². The largest absolute Gasteiger partial charge is 0.435 e. The second-order valence-corrected chi connectivity index (χ2v) is 3.82. The number of ether oxygens (including phenoxy) is 1. The molecule has 0 saturated heterocycles. The molecule has 0 spiro atoms. The van der Waals surface area contributed by atoms with Gasteiger partial charge in [-0.05, 0) is 25.1 Å². The number of nitrogens with zero attached hydrogens (tertiary/aromatic N) is 1. The molecular formula is C12H14N4O2. The summed E-state index contributed by atoms with van der Waals surface area (Å²) in [6.45, 7) is 1.87. The Morgan fingerprint density at radius 2 is 2.22 bits per heavy atom. The summed E-state index contributed by atoms with van der Waals surface area (Å²) in [5.74, 6) is 0.619. The maximum atomic E-state index is 11.5. The fourth-order valence-electron chi connectivity index (χ4n) is 1.47. The van der Waals surface area contributed by atoms with Gasteiger partial charge in [0.1, 0.15) is 0 Å². The summed E-state index contributed by atoms with van der Waals surface area (Å²) in [6, 6.07) is 6.58. The van der Waals surface area contributed by atoms with Crippen LogP contribution in [0, 0.1) is 6.92 Å². The highest BCUT2D eigenvalue weighted by atomic mass is 16.5. The van der Waals surface area contributed by atoms with E-state index in [9.17, 15) is 4.79 Å². The quantitative estimate of drug-likeness (QED) is 0.714. The summed E-state index contributed by atoms with van der Waals surface area (Å²) in [6.07, 6.45) is 0. The Bertz CT molecular complexity index is 577. The Morgan fingerprint density at radius 3 is 2.83 bits per heavy atom. The molecule has 6 heteroatoms. The minimum Gasteiger partial charge on any atom is -0.435 e. The van der Waals surface area contributed by atoms with Gasteiger partial charge in [0.05, 0.1) is 5.69 Å². The number of nitrogens with one attached hydrogen (secondary N) is 2. The Morgan fingerprint density at radius 1 is 1.44 bits per heavy atom. The fraction of sp³-hybridized carbons (Fsp3) is 0.167. The molecule has 0 atom stereocenters. The van der Waals surface area contributed by atoms with Crippen molar-refractivity contribution >= 4 is 11.6 Å². The van der Waals surface area contributed by atoms with Crippen molar-refractivity contribution in [3.63, 3.8) is 0 Å². The summed E-state index contributed by atoms with van der Waals surface area (Å²) in [7, 11) is 1.57. The molecule has 0 aliphatic carbocycles. The molecule has 0 aliphatic rings. The Kier molecular flexibility index (Phi) is 3.18. The molecule has 4 N–H and O–H groups in total. The van der Waals surface area contributed by atoms with E-state index in [-0.39, 0.29) is 5.91 Å². The second kappa shape index (κ2) is 4.79. The zero-order valence-corrected chi connectivity index (χ0v) is 10.2.